The van der Waals surface area contributed by atoms with Crippen LogP contribution in [0.3, 0.4) is 0 Å². The van der Waals surface area contributed by atoms with E-state index in [9.17, 15) is 4.79 Å². The van der Waals surface area contributed by atoms with Gasteiger partial charge in [0.2, 0.25) is 0 Å². The molecule has 1 aromatic heterocycles. The average Bonchev–Trinajstić information content (AvgIpc) is 3.13. The van der Waals surface area contributed by atoms with Gasteiger partial charge in [-0.15, -0.1) is 0 Å². The molecule has 2 amide bonds. The van der Waals surface area contributed by atoms with Crippen LogP contribution in [-0.4, -0.2) is 27.6 Å². The van der Waals surface area contributed by atoms with E-state index in [1.54, 1.807) is 0 Å². The van der Waals surface area contributed by atoms with Crippen LogP contribution in [-0.2, 0) is 13.1 Å². The van der Waals surface area contributed by atoms with E-state index in [2.05, 4.69) is 66.3 Å². The summed E-state index contributed by atoms with van der Waals surface area (Å²) in [6, 6.07) is 15.3. The molecule has 4 nitrogen and oxygen atoms in total. The highest BCUT2D eigenvalue weighted by molar-refractivity contribution is 5.74. The predicted octanol–water partition coefficient (Wildman–Crippen LogP) is 5.18. The minimum Gasteiger partial charge on any atom is -0.345 e. The van der Waals surface area contributed by atoms with E-state index in [1.165, 1.54) is 30.5 Å². The molecule has 1 aromatic carbocycles. The SMILES string of the molecule is CCC(C)N(Cc1cccn1Cc1ccccc1)C(=O)NC1CCCCC1. The van der Waals surface area contributed by atoms with E-state index in [-0.39, 0.29) is 12.1 Å². The highest BCUT2D eigenvalue weighted by atomic mass is 16.2. The molecule has 0 saturated heterocycles. The summed E-state index contributed by atoms with van der Waals surface area (Å²) in [7, 11) is 0. The first-order valence-electron chi connectivity index (χ1n) is 10.4. The van der Waals surface area contributed by atoms with E-state index < -0.39 is 0 Å². The minimum absolute atomic E-state index is 0.0868. The lowest BCUT2D eigenvalue weighted by molar-refractivity contribution is 0.165. The fourth-order valence-electron chi connectivity index (χ4n) is 3.85. The van der Waals surface area contributed by atoms with E-state index in [1.807, 2.05) is 11.0 Å². The molecule has 0 radical (unpaired) electrons. The van der Waals surface area contributed by atoms with Crippen molar-refractivity contribution < 1.29 is 4.79 Å². The van der Waals surface area contributed by atoms with Gasteiger partial charge in [0.15, 0.2) is 0 Å². The first-order valence-corrected chi connectivity index (χ1v) is 10.4. The van der Waals surface area contributed by atoms with Crippen LogP contribution in [0.1, 0.15) is 63.6 Å². The van der Waals surface area contributed by atoms with Crippen molar-refractivity contribution in [3.8, 4) is 0 Å². The van der Waals surface area contributed by atoms with Crippen molar-refractivity contribution in [1.29, 1.82) is 0 Å². The van der Waals surface area contributed by atoms with Gasteiger partial charge in [-0.25, -0.2) is 4.79 Å². The number of nitrogens with one attached hydrogen (secondary N) is 1. The van der Waals surface area contributed by atoms with Gasteiger partial charge in [0.1, 0.15) is 0 Å². The lowest BCUT2D eigenvalue weighted by Gasteiger charge is -2.32. The first-order chi connectivity index (χ1) is 13.2. The number of urea groups is 1. The van der Waals surface area contributed by atoms with Gasteiger partial charge in [-0.2, -0.15) is 0 Å². The van der Waals surface area contributed by atoms with Crippen LogP contribution in [0.4, 0.5) is 4.79 Å². The summed E-state index contributed by atoms with van der Waals surface area (Å²) in [6.07, 6.45) is 9.06. The molecule has 1 heterocycles. The van der Waals surface area contributed by atoms with Crippen LogP contribution in [0.25, 0.3) is 0 Å². The Kier molecular flexibility index (Phi) is 6.97. The third-order valence-corrected chi connectivity index (χ3v) is 5.77. The zero-order valence-electron chi connectivity index (χ0n) is 16.7. The molecule has 0 bridgehead atoms. The maximum absolute atomic E-state index is 13.0. The highest BCUT2D eigenvalue weighted by Crippen LogP contribution is 2.19. The smallest absolute Gasteiger partial charge is 0.318 e. The van der Waals surface area contributed by atoms with E-state index in [0.29, 0.717) is 12.6 Å². The number of benzene rings is 1. The van der Waals surface area contributed by atoms with Crippen LogP contribution >= 0.6 is 0 Å². The van der Waals surface area contributed by atoms with E-state index >= 15 is 0 Å². The fourth-order valence-corrected chi connectivity index (χ4v) is 3.85. The Labute approximate surface area is 163 Å². The molecule has 1 saturated carbocycles. The van der Waals surface area contributed by atoms with Crippen molar-refractivity contribution in [1.82, 2.24) is 14.8 Å². The third kappa shape index (κ3) is 5.38. The molecule has 2 aromatic rings. The number of amides is 2. The summed E-state index contributed by atoms with van der Waals surface area (Å²) in [5, 5.41) is 3.29. The zero-order chi connectivity index (χ0) is 19.1. The molecule has 1 aliphatic carbocycles. The lowest BCUT2D eigenvalue weighted by Crippen LogP contribution is -2.48. The van der Waals surface area contributed by atoms with E-state index in [4.69, 9.17) is 0 Å². The van der Waals surface area contributed by atoms with Crippen molar-refractivity contribution in [3.05, 3.63) is 59.9 Å². The summed E-state index contributed by atoms with van der Waals surface area (Å²) in [5.41, 5.74) is 2.45. The van der Waals surface area contributed by atoms with Crippen LogP contribution < -0.4 is 5.32 Å². The molecule has 0 aliphatic heterocycles. The maximum atomic E-state index is 13.0. The molecule has 1 aliphatic rings. The number of rotatable bonds is 7. The number of hydrogen-bond donors (Lipinski definition) is 1. The van der Waals surface area contributed by atoms with Gasteiger partial charge in [0.25, 0.3) is 0 Å². The Morgan fingerprint density at radius 2 is 1.89 bits per heavy atom. The molecule has 146 valence electrons. The summed E-state index contributed by atoms with van der Waals surface area (Å²) >= 11 is 0. The molecular weight excluding hydrogens is 334 g/mol. The molecular formula is C23H33N3O. The Morgan fingerprint density at radius 3 is 2.59 bits per heavy atom. The summed E-state index contributed by atoms with van der Waals surface area (Å²) in [4.78, 5) is 15.0. The summed E-state index contributed by atoms with van der Waals surface area (Å²) in [6.45, 7) is 5.77. The molecule has 1 N–H and O–H groups in total. The maximum Gasteiger partial charge on any atom is 0.318 e. The van der Waals surface area contributed by atoms with Crippen molar-refractivity contribution in [2.45, 2.75) is 77.5 Å². The normalized spacial score (nSPS) is 16.1. The number of aromatic nitrogens is 1. The third-order valence-electron chi connectivity index (χ3n) is 5.77. The topological polar surface area (TPSA) is 37.3 Å². The monoisotopic (exact) mass is 367 g/mol. The van der Waals surface area contributed by atoms with Crippen LogP contribution in [0.5, 0.6) is 0 Å². The Hall–Kier alpha value is -2.23. The molecule has 27 heavy (non-hydrogen) atoms. The number of carbonyl (C=O) groups excluding carboxylic acids is 1. The quantitative estimate of drug-likeness (QED) is 0.719. The number of carbonyl (C=O) groups is 1. The predicted molar refractivity (Wildman–Crippen MR) is 111 cm³/mol. The van der Waals surface area contributed by atoms with Gasteiger partial charge in [0, 0.05) is 30.5 Å². The van der Waals surface area contributed by atoms with Gasteiger partial charge in [0.05, 0.1) is 6.54 Å². The highest BCUT2D eigenvalue weighted by Gasteiger charge is 2.24. The first kappa shape index (κ1) is 19.5. The molecule has 1 unspecified atom stereocenters. The molecule has 1 fully saturated rings. The zero-order valence-corrected chi connectivity index (χ0v) is 16.7. The Bertz CT molecular complexity index is 703. The summed E-state index contributed by atoms with van der Waals surface area (Å²) in [5.74, 6) is 0. The van der Waals surface area contributed by atoms with Crippen LogP contribution in [0.2, 0.25) is 0 Å². The number of hydrogen-bond acceptors (Lipinski definition) is 1. The Balaban J connectivity index is 1.69. The molecule has 1 atom stereocenters. The fraction of sp³-hybridized carbons (Fsp3) is 0.522. The van der Waals surface area contributed by atoms with Crippen molar-refractivity contribution >= 4 is 6.03 Å². The number of nitrogens with zero attached hydrogens (tertiary/aromatic N) is 2. The Morgan fingerprint density at radius 1 is 1.15 bits per heavy atom. The average molecular weight is 368 g/mol. The van der Waals surface area contributed by atoms with Crippen LogP contribution in [0.15, 0.2) is 48.7 Å². The van der Waals surface area contributed by atoms with Crippen molar-refractivity contribution in [3.63, 3.8) is 0 Å². The minimum atomic E-state index is 0.0868. The summed E-state index contributed by atoms with van der Waals surface area (Å²) < 4.78 is 2.25. The second-order valence-electron chi connectivity index (χ2n) is 7.78. The van der Waals surface area contributed by atoms with Gasteiger partial charge in [-0.1, -0.05) is 56.5 Å². The second kappa shape index (κ2) is 9.63. The van der Waals surface area contributed by atoms with Crippen molar-refractivity contribution in [2.75, 3.05) is 0 Å². The van der Waals surface area contributed by atoms with Gasteiger partial charge >= 0.3 is 6.03 Å². The van der Waals surface area contributed by atoms with Gasteiger partial charge < -0.3 is 14.8 Å². The van der Waals surface area contributed by atoms with Crippen LogP contribution in [0, 0.1) is 0 Å². The molecule has 0 spiro atoms. The van der Waals surface area contributed by atoms with Gasteiger partial charge in [-0.05, 0) is 43.9 Å². The standard InChI is InChI=1S/C23H33N3O/c1-3-19(2)26(23(27)24-21-13-8-5-9-14-21)18-22-15-10-16-25(22)17-20-11-6-4-7-12-20/h4,6-7,10-12,15-16,19,21H,3,5,8-9,13-14,17-18H2,1-2H3,(H,24,27). The molecule has 3 rings (SSSR count). The van der Waals surface area contributed by atoms with E-state index in [0.717, 1.165) is 25.8 Å². The molecule has 4 heteroatoms. The lowest BCUT2D eigenvalue weighted by atomic mass is 9.96. The van der Waals surface area contributed by atoms with Crippen molar-refractivity contribution in [2.24, 2.45) is 0 Å². The van der Waals surface area contributed by atoms with Gasteiger partial charge in [-0.3, -0.25) is 0 Å². The second-order valence-corrected chi connectivity index (χ2v) is 7.78. The largest absolute Gasteiger partial charge is 0.345 e.